The van der Waals surface area contributed by atoms with Gasteiger partial charge in [0.25, 0.3) is 5.56 Å². The molecule has 1 N–H and O–H groups in total. The summed E-state index contributed by atoms with van der Waals surface area (Å²) in [5.74, 6) is 1.51. The Morgan fingerprint density at radius 1 is 1.11 bits per heavy atom. The second kappa shape index (κ2) is 8.90. The number of para-hydroxylation sites is 2. The zero-order chi connectivity index (χ0) is 19.2. The van der Waals surface area contributed by atoms with E-state index in [1.807, 2.05) is 18.2 Å². The van der Waals surface area contributed by atoms with Gasteiger partial charge in [0, 0.05) is 38.9 Å². The number of H-pyrrole nitrogens is 1. The Morgan fingerprint density at radius 3 is 2.48 bits per heavy atom. The Kier molecular flexibility index (Phi) is 6.34. The van der Waals surface area contributed by atoms with Gasteiger partial charge in [0.1, 0.15) is 5.75 Å². The van der Waals surface area contributed by atoms with Gasteiger partial charge in [0.05, 0.1) is 25.1 Å². The first kappa shape index (κ1) is 19.2. The minimum atomic E-state index is -0.0546. The monoisotopic (exact) mass is 372 g/mol. The van der Waals surface area contributed by atoms with Crippen molar-refractivity contribution in [1.82, 2.24) is 9.97 Å². The maximum atomic E-state index is 12.5. The third kappa shape index (κ3) is 4.24. The minimum absolute atomic E-state index is 0.0546. The summed E-state index contributed by atoms with van der Waals surface area (Å²) < 4.78 is 10.7. The van der Waals surface area contributed by atoms with Crippen LogP contribution in [-0.4, -0.2) is 50.4 Å². The van der Waals surface area contributed by atoms with Crippen LogP contribution in [0.5, 0.6) is 5.75 Å². The van der Waals surface area contributed by atoms with Gasteiger partial charge >= 0.3 is 0 Å². The number of hydrogen-bond acceptors (Lipinski definition) is 6. The molecule has 0 saturated carbocycles. The van der Waals surface area contributed by atoms with Crippen molar-refractivity contribution in [2.75, 3.05) is 50.2 Å². The van der Waals surface area contributed by atoms with E-state index in [2.05, 4.69) is 27.8 Å². The van der Waals surface area contributed by atoms with Crippen LogP contribution < -0.4 is 20.1 Å². The summed E-state index contributed by atoms with van der Waals surface area (Å²) in [6, 6.07) is 8.05. The van der Waals surface area contributed by atoms with E-state index in [0.717, 1.165) is 55.3 Å². The number of benzene rings is 1. The van der Waals surface area contributed by atoms with E-state index in [9.17, 15) is 4.79 Å². The van der Waals surface area contributed by atoms with Gasteiger partial charge in [-0.2, -0.15) is 0 Å². The number of methoxy groups -OCH3 is 2. The predicted molar refractivity (Wildman–Crippen MR) is 107 cm³/mol. The van der Waals surface area contributed by atoms with Crippen LogP contribution in [0.15, 0.2) is 29.1 Å². The maximum Gasteiger partial charge on any atom is 0.255 e. The maximum absolute atomic E-state index is 12.5. The number of aromatic amines is 1. The van der Waals surface area contributed by atoms with Crippen molar-refractivity contribution in [2.45, 2.75) is 26.4 Å². The van der Waals surface area contributed by atoms with Crippen molar-refractivity contribution in [3.63, 3.8) is 0 Å². The molecule has 0 spiro atoms. The number of hydrogen-bond donors (Lipinski definition) is 1. The summed E-state index contributed by atoms with van der Waals surface area (Å²) in [4.78, 5) is 24.6. The van der Waals surface area contributed by atoms with Crippen LogP contribution in [0, 0.1) is 0 Å². The third-order valence-corrected chi connectivity index (χ3v) is 4.87. The fraction of sp³-hybridized carbons (Fsp3) is 0.500. The molecule has 0 atom stereocenters. The average Bonchev–Trinajstić information content (AvgIpc) is 2.70. The highest BCUT2D eigenvalue weighted by atomic mass is 16.5. The lowest BCUT2D eigenvalue weighted by Crippen LogP contribution is -2.47. The van der Waals surface area contributed by atoms with Crippen molar-refractivity contribution >= 4 is 11.6 Å². The lowest BCUT2D eigenvalue weighted by atomic mass is 10.1. The highest BCUT2D eigenvalue weighted by molar-refractivity contribution is 5.59. The topological polar surface area (TPSA) is 70.7 Å². The molecule has 0 amide bonds. The summed E-state index contributed by atoms with van der Waals surface area (Å²) >= 11 is 0. The fourth-order valence-electron chi connectivity index (χ4n) is 3.50. The van der Waals surface area contributed by atoms with Crippen LogP contribution in [0.25, 0.3) is 0 Å². The molecule has 1 saturated heterocycles. The van der Waals surface area contributed by atoms with Gasteiger partial charge < -0.3 is 19.3 Å². The smallest absolute Gasteiger partial charge is 0.255 e. The zero-order valence-corrected chi connectivity index (χ0v) is 16.3. The number of anilines is 2. The highest BCUT2D eigenvalue weighted by Crippen LogP contribution is 2.28. The number of nitrogens with zero attached hydrogens (tertiary/aromatic N) is 3. The second-order valence-corrected chi connectivity index (χ2v) is 6.64. The number of rotatable bonds is 7. The van der Waals surface area contributed by atoms with Crippen LogP contribution in [0.3, 0.4) is 0 Å². The van der Waals surface area contributed by atoms with Gasteiger partial charge in [0.15, 0.2) is 0 Å². The quantitative estimate of drug-likeness (QED) is 0.804. The molecule has 1 fully saturated rings. The van der Waals surface area contributed by atoms with E-state index in [-0.39, 0.29) is 5.56 Å². The van der Waals surface area contributed by atoms with Gasteiger partial charge in [-0.25, -0.2) is 4.98 Å². The van der Waals surface area contributed by atoms with Crippen molar-refractivity contribution in [3.05, 3.63) is 45.9 Å². The van der Waals surface area contributed by atoms with E-state index < -0.39 is 0 Å². The van der Waals surface area contributed by atoms with Crippen molar-refractivity contribution in [3.8, 4) is 5.75 Å². The second-order valence-electron chi connectivity index (χ2n) is 6.64. The number of piperazine rings is 1. The molecule has 2 aromatic rings. The van der Waals surface area contributed by atoms with Crippen molar-refractivity contribution in [1.29, 1.82) is 0 Å². The first-order valence-electron chi connectivity index (χ1n) is 9.41. The molecule has 3 rings (SSSR count). The normalized spacial score (nSPS) is 14.5. The van der Waals surface area contributed by atoms with Crippen LogP contribution in [0.4, 0.5) is 11.6 Å². The Morgan fingerprint density at radius 2 is 1.81 bits per heavy atom. The van der Waals surface area contributed by atoms with Crippen LogP contribution in [0.1, 0.15) is 24.6 Å². The van der Waals surface area contributed by atoms with Gasteiger partial charge in [-0.3, -0.25) is 9.78 Å². The van der Waals surface area contributed by atoms with E-state index in [1.54, 1.807) is 14.2 Å². The summed E-state index contributed by atoms with van der Waals surface area (Å²) in [6.07, 6.45) is 1.61. The molecule has 0 unspecified atom stereocenters. The molecule has 1 aliphatic heterocycles. The summed E-state index contributed by atoms with van der Waals surface area (Å²) in [7, 11) is 3.32. The number of ether oxygens (including phenoxy) is 2. The van der Waals surface area contributed by atoms with Gasteiger partial charge in [-0.15, -0.1) is 0 Å². The SMILES string of the molecule is CCCc1c(COC)nc(N2CCN(c3ccccc3OC)CC2)[nH]c1=O. The Hall–Kier alpha value is -2.54. The molecule has 7 heteroatoms. The highest BCUT2D eigenvalue weighted by Gasteiger charge is 2.22. The fourth-order valence-corrected chi connectivity index (χ4v) is 3.50. The average molecular weight is 372 g/mol. The number of nitrogens with one attached hydrogen (secondary N) is 1. The molecule has 1 aromatic carbocycles. The van der Waals surface area contributed by atoms with E-state index in [1.165, 1.54) is 0 Å². The Balaban J connectivity index is 1.77. The molecule has 2 heterocycles. The van der Waals surface area contributed by atoms with E-state index >= 15 is 0 Å². The molecule has 0 aliphatic carbocycles. The zero-order valence-electron chi connectivity index (χ0n) is 16.3. The summed E-state index contributed by atoms with van der Waals surface area (Å²) in [6.45, 7) is 5.64. The molecule has 1 aliphatic rings. The number of aromatic nitrogens is 2. The van der Waals surface area contributed by atoms with Gasteiger partial charge in [-0.1, -0.05) is 25.5 Å². The molecular formula is C20H28N4O3. The summed E-state index contributed by atoms with van der Waals surface area (Å²) in [5.41, 5.74) is 2.52. The Bertz CT molecular complexity index is 813. The minimum Gasteiger partial charge on any atom is -0.495 e. The standard InChI is InChI=1S/C20H28N4O3/c1-4-7-15-16(14-26-2)21-20(22-19(15)25)24-12-10-23(11-13-24)17-8-5-6-9-18(17)27-3/h5-6,8-9H,4,7,10-14H2,1-3H3,(H,21,22,25). The molecular weight excluding hydrogens is 344 g/mol. The Labute approximate surface area is 159 Å². The first-order chi connectivity index (χ1) is 13.2. The van der Waals surface area contributed by atoms with Crippen LogP contribution >= 0.6 is 0 Å². The molecule has 0 bridgehead atoms. The van der Waals surface area contributed by atoms with Crippen LogP contribution in [0.2, 0.25) is 0 Å². The largest absolute Gasteiger partial charge is 0.495 e. The van der Waals surface area contributed by atoms with E-state index in [0.29, 0.717) is 19.0 Å². The molecule has 1 aromatic heterocycles. The van der Waals surface area contributed by atoms with Crippen LogP contribution in [-0.2, 0) is 17.8 Å². The molecule has 7 nitrogen and oxygen atoms in total. The lowest BCUT2D eigenvalue weighted by Gasteiger charge is -2.37. The van der Waals surface area contributed by atoms with Gasteiger partial charge in [-0.05, 0) is 18.6 Å². The first-order valence-corrected chi connectivity index (χ1v) is 9.41. The molecule has 27 heavy (non-hydrogen) atoms. The van der Waals surface area contributed by atoms with E-state index in [4.69, 9.17) is 14.5 Å². The van der Waals surface area contributed by atoms with Crippen molar-refractivity contribution in [2.24, 2.45) is 0 Å². The van der Waals surface area contributed by atoms with Gasteiger partial charge in [0.2, 0.25) is 5.95 Å². The summed E-state index contributed by atoms with van der Waals surface area (Å²) in [5, 5.41) is 0. The van der Waals surface area contributed by atoms with Crippen molar-refractivity contribution < 1.29 is 9.47 Å². The lowest BCUT2D eigenvalue weighted by molar-refractivity contribution is 0.180. The third-order valence-electron chi connectivity index (χ3n) is 4.87. The predicted octanol–water partition coefficient (Wildman–Crippen LogP) is 2.20. The molecule has 146 valence electrons. The molecule has 0 radical (unpaired) electrons.